The second-order valence-electron chi connectivity index (χ2n) is 3.99. The van der Waals surface area contributed by atoms with Gasteiger partial charge in [-0.05, 0) is 37.2 Å². The second kappa shape index (κ2) is 7.28. The number of halogens is 2. The summed E-state index contributed by atoms with van der Waals surface area (Å²) in [6.45, 7) is 1.19. The molecule has 5 heteroatoms. The summed E-state index contributed by atoms with van der Waals surface area (Å²) < 4.78 is 14.3. The Morgan fingerprint density at radius 2 is 2.28 bits per heavy atom. The van der Waals surface area contributed by atoms with Gasteiger partial charge in [-0.2, -0.15) is 0 Å². The number of rotatable bonds is 6. The summed E-state index contributed by atoms with van der Waals surface area (Å²) in [5, 5.41) is 8.44. The molecule has 0 spiro atoms. The third kappa shape index (κ3) is 5.42. The monoisotopic (exact) mass is 315 g/mol. The van der Waals surface area contributed by atoms with Gasteiger partial charge in [0, 0.05) is 23.6 Å². The van der Waals surface area contributed by atoms with E-state index < -0.39 is 5.97 Å². The molecule has 0 bridgehead atoms. The van der Waals surface area contributed by atoms with Gasteiger partial charge >= 0.3 is 5.97 Å². The van der Waals surface area contributed by atoms with Crippen LogP contribution in [0.2, 0.25) is 0 Å². The highest BCUT2D eigenvalue weighted by molar-refractivity contribution is 9.10. The molecule has 18 heavy (non-hydrogen) atoms. The summed E-state index contributed by atoms with van der Waals surface area (Å²) in [5.41, 5.74) is 0.651. The maximum absolute atomic E-state index is 13.4. The SMILES string of the molecule is CN(C/C=C/C(=O)O)CCc1cc(Br)ccc1F. The van der Waals surface area contributed by atoms with Gasteiger partial charge in [0.05, 0.1) is 0 Å². The zero-order valence-corrected chi connectivity index (χ0v) is 11.7. The third-order valence-electron chi connectivity index (χ3n) is 2.45. The Labute approximate surface area is 114 Å². The van der Waals surface area contributed by atoms with Gasteiger partial charge in [-0.15, -0.1) is 0 Å². The fourth-order valence-electron chi connectivity index (χ4n) is 1.47. The van der Waals surface area contributed by atoms with Crippen molar-refractivity contribution in [3.8, 4) is 0 Å². The average molecular weight is 316 g/mol. The fraction of sp³-hybridized carbons (Fsp3) is 0.308. The van der Waals surface area contributed by atoms with Gasteiger partial charge in [0.25, 0.3) is 0 Å². The Morgan fingerprint density at radius 3 is 2.94 bits per heavy atom. The molecule has 0 saturated carbocycles. The normalized spacial score (nSPS) is 11.3. The number of nitrogens with zero attached hydrogens (tertiary/aromatic N) is 1. The molecule has 1 aromatic carbocycles. The molecular formula is C13H15BrFNO2. The molecular weight excluding hydrogens is 301 g/mol. The minimum absolute atomic E-state index is 0.215. The molecule has 1 aromatic rings. The maximum Gasteiger partial charge on any atom is 0.328 e. The van der Waals surface area contributed by atoms with Crippen LogP contribution in [-0.2, 0) is 11.2 Å². The zero-order valence-electron chi connectivity index (χ0n) is 10.1. The van der Waals surface area contributed by atoms with E-state index in [2.05, 4.69) is 15.9 Å². The molecule has 0 aliphatic rings. The quantitative estimate of drug-likeness (QED) is 0.821. The zero-order chi connectivity index (χ0) is 13.5. The molecule has 0 aromatic heterocycles. The van der Waals surface area contributed by atoms with Gasteiger partial charge in [-0.3, -0.25) is 0 Å². The number of aliphatic carboxylic acids is 1. The predicted octanol–water partition coefficient (Wildman–Crippen LogP) is 2.70. The molecule has 1 N–H and O–H groups in total. The van der Waals surface area contributed by atoms with Crippen molar-refractivity contribution in [2.45, 2.75) is 6.42 Å². The lowest BCUT2D eigenvalue weighted by atomic mass is 10.1. The molecule has 0 atom stereocenters. The van der Waals surface area contributed by atoms with Gasteiger partial charge in [0.2, 0.25) is 0 Å². The van der Waals surface area contributed by atoms with Crippen LogP contribution in [0.1, 0.15) is 5.56 Å². The maximum atomic E-state index is 13.4. The van der Waals surface area contributed by atoms with E-state index in [9.17, 15) is 9.18 Å². The van der Waals surface area contributed by atoms with E-state index in [1.807, 2.05) is 11.9 Å². The number of carboxylic acid groups (broad SMARTS) is 1. The predicted molar refractivity (Wildman–Crippen MR) is 72.1 cm³/mol. The van der Waals surface area contributed by atoms with Crippen molar-refractivity contribution >= 4 is 21.9 Å². The fourth-order valence-corrected chi connectivity index (χ4v) is 1.88. The largest absolute Gasteiger partial charge is 0.478 e. The highest BCUT2D eigenvalue weighted by Gasteiger charge is 2.04. The van der Waals surface area contributed by atoms with Crippen molar-refractivity contribution in [1.82, 2.24) is 4.90 Å². The van der Waals surface area contributed by atoms with Crippen molar-refractivity contribution in [3.05, 3.63) is 46.2 Å². The van der Waals surface area contributed by atoms with Gasteiger partial charge in [0.1, 0.15) is 5.82 Å². The standard InChI is InChI=1S/C13H15BrFNO2/c1-16(7-2-3-13(17)18)8-6-10-9-11(14)4-5-12(10)15/h2-5,9H,6-8H2,1H3,(H,17,18)/b3-2+. The van der Waals surface area contributed by atoms with E-state index in [-0.39, 0.29) is 5.82 Å². The summed E-state index contributed by atoms with van der Waals surface area (Å²) in [6, 6.07) is 4.86. The lowest BCUT2D eigenvalue weighted by molar-refractivity contribution is -0.131. The number of carboxylic acids is 1. The Kier molecular flexibility index (Phi) is 6.01. The summed E-state index contributed by atoms with van der Waals surface area (Å²) in [5.74, 6) is -1.17. The molecule has 3 nitrogen and oxygen atoms in total. The molecule has 0 saturated heterocycles. The average Bonchev–Trinajstić information content (AvgIpc) is 2.30. The van der Waals surface area contributed by atoms with Crippen LogP contribution < -0.4 is 0 Å². The first-order valence-electron chi connectivity index (χ1n) is 5.51. The summed E-state index contributed by atoms with van der Waals surface area (Å²) in [6.07, 6.45) is 3.26. The van der Waals surface area contributed by atoms with Crippen molar-refractivity contribution in [2.24, 2.45) is 0 Å². The first-order valence-corrected chi connectivity index (χ1v) is 6.30. The van der Waals surface area contributed by atoms with Crippen LogP contribution >= 0.6 is 15.9 Å². The molecule has 0 fully saturated rings. The lowest BCUT2D eigenvalue weighted by Crippen LogP contribution is -2.21. The molecule has 98 valence electrons. The number of hydrogen-bond acceptors (Lipinski definition) is 2. The van der Waals surface area contributed by atoms with Crippen LogP contribution in [0.15, 0.2) is 34.8 Å². The molecule has 0 amide bonds. The Balaban J connectivity index is 2.44. The van der Waals surface area contributed by atoms with Crippen LogP contribution in [0.25, 0.3) is 0 Å². The first kappa shape index (κ1) is 14.9. The molecule has 1 rings (SSSR count). The summed E-state index contributed by atoms with van der Waals surface area (Å²) >= 11 is 3.30. The Hall–Kier alpha value is -1.20. The van der Waals surface area contributed by atoms with E-state index in [0.717, 1.165) is 10.5 Å². The smallest absolute Gasteiger partial charge is 0.328 e. The highest BCUT2D eigenvalue weighted by atomic mass is 79.9. The van der Waals surface area contributed by atoms with Gasteiger partial charge in [-0.25, -0.2) is 9.18 Å². The molecule has 0 unspecified atom stereocenters. The Morgan fingerprint density at radius 1 is 1.56 bits per heavy atom. The van der Waals surface area contributed by atoms with Crippen molar-refractivity contribution in [1.29, 1.82) is 0 Å². The van der Waals surface area contributed by atoms with Crippen LogP contribution in [0, 0.1) is 5.82 Å². The lowest BCUT2D eigenvalue weighted by Gasteiger charge is -2.14. The van der Waals surface area contributed by atoms with Gasteiger partial charge in [0.15, 0.2) is 0 Å². The van der Waals surface area contributed by atoms with Gasteiger partial charge in [-0.1, -0.05) is 22.0 Å². The van der Waals surface area contributed by atoms with Crippen LogP contribution in [0.3, 0.4) is 0 Å². The molecule has 0 aliphatic heterocycles. The van der Waals surface area contributed by atoms with E-state index >= 15 is 0 Å². The van der Waals surface area contributed by atoms with E-state index in [4.69, 9.17) is 5.11 Å². The van der Waals surface area contributed by atoms with Crippen molar-refractivity contribution < 1.29 is 14.3 Å². The Bertz CT molecular complexity index is 449. The van der Waals surface area contributed by atoms with Crippen LogP contribution in [0.5, 0.6) is 0 Å². The second-order valence-corrected chi connectivity index (χ2v) is 4.90. The summed E-state index contributed by atoms with van der Waals surface area (Å²) in [4.78, 5) is 12.2. The van der Waals surface area contributed by atoms with Crippen molar-refractivity contribution in [3.63, 3.8) is 0 Å². The minimum Gasteiger partial charge on any atom is -0.478 e. The molecule has 0 radical (unpaired) electrons. The van der Waals surface area contributed by atoms with Gasteiger partial charge < -0.3 is 10.0 Å². The van der Waals surface area contributed by atoms with E-state index in [1.54, 1.807) is 18.2 Å². The molecule has 0 heterocycles. The van der Waals surface area contributed by atoms with Crippen LogP contribution in [0.4, 0.5) is 4.39 Å². The first-order chi connectivity index (χ1) is 8.49. The number of likely N-dealkylation sites (N-methyl/N-ethyl adjacent to an activating group) is 1. The molecule has 0 aliphatic carbocycles. The van der Waals surface area contributed by atoms with E-state index in [1.165, 1.54) is 6.07 Å². The topological polar surface area (TPSA) is 40.5 Å². The summed E-state index contributed by atoms with van der Waals surface area (Å²) in [7, 11) is 1.86. The third-order valence-corrected chi connectivity index (χ3v) is 2.94. The highest BCUT2D eigenvalue weighted by Crippen LogP contribution is 2.16. The minimum atomic E-state index is -0.957. The number of hydrogen-bond donors (Lipinski definition) is 1. The van der Waals surface area contributed by atoms with Crippen molar-refractivity contribution in [2.75, 3.05) is 20.1 Å². The number of carbonyl (C=O) groups is 1. The number of benzene rings is 1. The van der Waals surface area contributed by atoms with E-state index in [0.29, 0.717) is 25.1 Å². The van der Waals surface area contributed by atoms with Crippen LogP contribution in [-0.4, -0.2) is 36.1 Å².